The van der Waals surface area contributed by atoms with E-state index in [1.807, 2.05) is 0 Å². The molecule has 0 saturated carbocycles. The summed E-state index contributed by atoms with van der Waals surface area (Å²) in [7, 11) is 0. The van der Waals surface area contributed by atoms with Crippen molar-refractivity contribution in [1.82, 2.24) is 5.32 Å². The third-order valence-corrected chi connectivity index (χ3v) is 2.71. The quantitative estimate of drug-likeness (QED) is 0.518. The Morgan fingerprint density at radius 2 is 1.67 bits per heavy atom. The molecule has 2 rings (SSSR count). The molecule has 2 bridgehead atoms. The van der Waals surface area contributed by atoms with Gasteiger partial charge in [-0.05, 0) is 31.6 Å². The zero-order chi connectivity index (χ0) is 6.27. The maximum Gasteiger partial charge on any atom is 0.00727 e. The fourth-order valence-electron chi connectivity index (χ4n) is 2.34. The van der Waals surface area contributed by atoms with Gasteiger partial charge in [0.25, 0.3) is 0 Å². The van der Waals surface area contributed by atoms with Crippen molar-refractivity contribution >= 4 is 0 Å². The lowest BCUT2D eigenvalue weighted by Crippen LogP contribution is -2.37. The second-order valence-corrected chi connectivity index (χ2v) is 3.71. The van der Waals surface area contributed by atoms with Gasteiger partial charge in [-0.3, -0.25) is 0 Å². The topological polar surface area (TPSA) is 12.0 Å². The fourth-order valence-corrected chi connectivity index (χ4v) is 2.34. The van der Waals surface area contributed by atoms with E-state index in [1.54, 1.807) is 0 Å². The number of hydrogen-bond donors (Lipinski definition) is 1. The van der Waals surface area contributed by atoms with E-state index >= 15 is 0 Å². The van der Waals surface area contributed by atoms with Gasteiger partial charge >= 0.3 is 0 Å². The van der Waals surface area contributed by atoms with E-state index in [0.717, 1.165) is 18.0 Å². The van der Waals surface area contributed by atoms with Crippen LogP contribution in [0.25, 0.3) is 0 Å². The highest BCUT2D eigenvalue weighted by Gasteiger charge is 2.30. The van der Waals surface area contributed by atoms with Crippen LogP contribution in [0.15, 0.2) is 0 Å². The predicted molar refractivity (Wildman–Crippen MR) is 38.3 cm³/mol. The van der Waals surface area contributed by atoms with Crippen LogP contribution in [0.4, 0.5) is 0 Å². The van der Waals surface area contributed by atoms with Crippen molar-refractivity contribution in [3.63, 3.8) is 0 Å². The van der Waals surface area contributed by atoms with Crippen LogP contribution in [-0.2, 0) is 0 Å². The summed E-state index contributed by atoms with van der Waals surface area (Å²) >= 11 is 0. The van der Waals surface area contributed by atoms with Crippen LogP contribution in [0.5, 0.6) is 0 Å². The first-order valence-corrected chi connectivity index (χ1v) is 4.10. The van der Waals surface area contributed by atoms with Gasteiger partial charge in [-0.25, -0.2) is 0 Å². The van der Waals surface area contributed by atoms with E-state index in [1.165, 1.54) is 25.7 Å². The molecule has 0 aromatic heterocycles. The van der Waals surface area contributed by atoms with Gasteiger partial charge in [-0.2, -0.15) is 0 Å². The number of piperidine rings is 1. The Hall–Kier alpha value is -0.0400. The largest absolute Gasteiger partial charge is 0.311 e. The van der Waals surface area contributed by atoms with Gasteiger partial charge in [0.1, 0.15) is 0 Å². The molecule has 2 aliphatic heterocycles. The van der Waals surface area contributed by atoms with E-state index < -0.39 is 0 Å². The maximum atomic E-state index is 3.62. The molecule has 1 heteroatoms. The Balaban J connectivity index is 2.03. The molecule has 9 heavy (non-hydrogen) atoms. The lowest BCUT2D eigenvalue weighted by molar-refractivity contribution is 0.319. The number of rotatable bonds is 0. The third kappa shape index (κ3) is 0.983. The minimum atomic E-state index is 0.888. The minimum absolute atomic E-state index is 0.888. The lowest BCUT2D eigenvalue weighted by atomic mass is 9.95. The number of nitrogens with one attached hydrogen (secondary N) is 1. The van der Waals surface area contributed by atoms with Crippen molar-refractivity contribution in [2.45, 2.75) is 44.7 Å². The van der Waals surface area contributed by atoms with E-state index in [9.17, 15) is 0 Å². The molecule has 2 fully saturated rings. The first kappa shape index (κ1) is 5.72. The normalized spacial score (nSPS) is 49.7. The van der Waals surface area contributed by atoms with Crippen LogP contribution >= 0.6 is 0 Å². The molecule has 0 aliphatic carbocycles. The molecule has 52 valence electrons. The maximum absolute atomic E-state index is 3.62. The molecule has 2 aliphatic rings. The molecule has 3 atom stereocenters. The van der Waals surface area contributed by atoms with E-state index in [4.69, 9.17) is 0 Å². The summed E-state index contributed by atoms with van der Waals surface area (Å²) in [5.41, 5.74) is 0. The van der Waals surface area contributed by atoms with Crippen LogP contribution in [0.2, 0.25) is 0 Å². The molecular formula is C8H15N. The average molecular weight is 125 g/mol. The molecule has 2 saturated heterocycles. The van der Waals surface area contributed by atoms with Gasteiger partial charge in [0.15, 0.2) is 0 Å². The summed E-state index contributed by atoms with van der Waals surface area (Å²) in [5, 5.41) is 3.62. The van der Waals surface area contributed by atoms with Gasteiger partial charge in [0.2, 0.25) is 0 Å². The summed E-state index contributed by atoms with van der Waals surface area (Å²) in [6.07, 6.45) is 5.73. The Labute approximate surface area is 56.8 Å². The first-order chi connectivity index (χ1) is 4.34. The molecule has 0 amide bonds. The van der Waals surface area contributed by atoms with Gasteiger partial charge in [0.05, 0.1) is 0 Å². The van der Waals surface area contributed by atoms with Crippen molar-refractivity contribution in [3.05, 3.63) is 0 Å². The molecule has 0 aromatic rings. The van der Waals surface area contributed by atoms with Gasteiger partial charge in [-0.1, -0.05) is 6.92 Å². The van der Waals surface area contributed by atoms with E-state index in [2.05, 4.69) is 12.2 Å². The average Bonchev–Trinajstić information content (AvgIpc) is 2.11. The smallest absolute Gasteiger partial charge is 0.00727 e. The van der Waals surface area contributed by atoms with Crippen LogP contribution in [0, 0.1) is 5.92 Å². The van der Waals surface area contributed by atoms with Crippen LogP contribution in [-0.4, -0.2) is 12.1 Å². The summed E-state index contributed by atoms with van der Waals surface area (Å²) in [4.78, 5) is 0. The molecule has 1 nitrogen and oxygen atoms in total. The van der Waals surface area contributed by atoms with Crippen molar-refractivity contribution < 1.29 is 0 Å². The summed E-state index contributed by atoms with van der Waals surface area (Å²) in [6, 6.07) is 1.78. The minimum Gasteiger partial charge on any atom is -0.311 e. The first-order valence-electron chi connectivity index (χ1n) is 4.10. The molecule has 1 N–H and O–H groups in total. The predicted octanol–water partition coefficient (Wildman–Crippen LogP) is 1.54. The van der Waals surface area contributed by atoms with Crippen LogP contribution in [0.3, 0.4) is 0 Å². The third-order valence-electron chi connectivity index (χ3n) is 2.71. The molecule has 0 spiro atoms. The Bertz CT molecular complexity index is 99.1. The summed E-state index contributed by atoms with van der Waals surface area (Å²) in [6.45, 7) is 2.38. The fraction of sp³-hybridized carbons (Fsp3) is 1.00. The molecule has 1 unspecified atom stereocenters. The summed E-state index contributed by atoms with van der Waals surface area (Å²) < 4.78 is 0. The second kappa shape index (κ2) is 1.98. The monoisotopic (exact) mass is 125 g/mol. The van der Waals surface area contributed by atoms with E-state index in [-0.39, 0.29) is 0 Å². The summed E-state index contributed by atoms with van der Waals surface area (Å²) in [5.74, 6) is 0.990. The van der Waals surface area contributed by atoms with Crippen molar-refractivity contribution in [2.24, 2.45) is 5.92 Å². The molecule has 0 radical (unpaired) electrons. The Morgan fingerprint density at radius 1 is 1.11 bits per heavy atom. The zero-order valence-corrected chi connectivity index (χ0v) is 6.06. The van der Waals surface area contributed by atoms with Gasteiger partial charge in [0, 0.05) is 12.1 Å². The van der Waals surface area contributed by atoms with Crippen LogP contribution < -0.4 is 5.32 Å². The zero-order valence-electron chi connectivity index (χ0n) is 6.06. The Kier molecular flexibility index (Phi) is 1.26. The number of fused-ring (bicyclic) bond motifs is 2. The second-order valence-electron chi connectivity index (χ2n) is 3.71. The van der Waals surface area contributed by atoms with Crippen molar-refractivity contribution in [3.8, 4) is 0 Å². The van der Waals surface area contributed by atoms with Gasteiger partial charge < -0.3 is 5.32 Å². The highest BCUT2D eigenvalue weighted by molar-refractivity contribution is 4.90. The van der Waals surface area contributed by atoms with Crippen LogP contribution in [0.1, 0.15) is 32.6 Å². The SMILES string of the molecule is CC1C[C@H]2CC[C@@H](C1)N2. The van der Waals surface area contributed by atoms with E-state index in [0.29, 0.717) is 0 Å². The van der Waals surface area contributed by atoms with Crippen molar-refractivity contribution in [2.75, 3.05) is 0 Å². The molecular weight excluding hydrogens is 110 g/mol. The number of hydrogen-bond acceptors (Lipinski definition) is 1. The van der Waals surface area contributed by atoms with Gasteiger partial charge in [-0.15, -0.1) is 0 Å². The Morgan fingerprint density at radius 3 is 2.22 bits per heavy atom. The highest BCUT2D eigenvalue weighted by Crippen LogP contribution is 2.29. The molecule has 2 heterocycles. The molecule has 0 aromatic carbocycles. The highest BCUT2D eigenvalue weighted by atomic mass is 15.0. The standard InChI is InChI=1S/C8H15N/c1-6-4-7-2-3-8(5-6)9-7/h6-9H,2-5H2,1H3/t6?,7-,8+. The lowest BCUT2D eigenvalue weighted by Gasteiger charge is -2.25. The van der Waals surface area contributed by atoms with Crippen molar-refractivity contribution in [1.29, 1.82) is 0 Å².